The van der Waals surface area contributed by atoms with Gasteiger partial charge in [-0.3, -0.25) is 9.59 Å². The van der Waals surface area contributed by atoms with Crippen LogP contribution < -0.4 is 10.6 Å². The number of alkyl carbamates (subject to hydrolysis) is 2. The molecular weight excluding hydrogens is 739 g/mol. The van der Waals surface area contributed by atoms with E-state index in [4.69, 9.17) is 19.4 Å². The highest BCUT2D eigenvalue weighted by Gasteiger charge is 2.39. The van der Waals surface area contributed by atoms with Crippen molar-refractivity contribution in [3.63, 3.8) is 0 Å². The van der Waals surface area contributed by atoms with Gasteiger partial charge in [0.25, 0.3) is 0 Å². The van der Waals surface area contributed by atoms with Crippen molar-refractivity contribution >= 4 is 45.5 Å². The summed E-state index contributed by atoms with van der Waals surface area (Å²) in [5.41, 5.74) is 3.82. The maximum atomic E-state index is 13.6. The van der Waals surface area contributed by atoms with Gasteiger partial charge in [0.2, 0.25) is 11.8 Å². The summed E-state index contributed by atoms with van der Waals surface area (Å²) < 4.78 is 9.53. The second-order valence-electron chi connectivity index (χ2n) is 15.7. The van der Waals surface area contributed by atoms with Crippen molar-refractivity contribution in [1.82, 2.24) is 40.4 Å². The number of aromatic amines is 2. The number of hydrogen-bond acceptors (Lipinski definition) is 9. The number of aromatic nitrogens is 4. The average molecular weight is 788 g/mol. The summed E-state index contributed by atoms with van der Waals surface area (Å²) >= 11 is 0. The van der Waals surface area contributed by atoms with E-state index in [0.717, 1.165) is 69.7 Å². The Hall–Kier alpha value is -6.43. The van der Waals surface area contributed by atoms with E-state index >= 15 is 0 Å². The molecule has 4 N–H and O–H groups in total. The molecule has 15 heteroatoms. The van der Waals surface area contributed by atoms with Gasteiger partial charge in [-0.05, 0) is 71.9 Å². The van der Waals surface area contributed by atoms with E-state index in [0.29, 0.717) is 30.3 Å². The summed E-state index contributed by atoms with van der Waals surface area (Å²) in [6, 6.07) is 14.4. The van der Waals surface area contributed by atoms with Gasteiger partial charge in [0, 0.05) is 29.6 Å². The number of nitriles is 1. The molecule has 302 valence electrons. The van der Waals surface area contributed by atoms with Gasteiger partial charge < -0.3 is 39.9 Å². The number of carbonyl (C=O) groups excluding carboxylic acids is 4. The highest BCUT2D eigenvalue weighted by atomic mass is 16.5. The Balaban J connectivity index is 1.12. The van der Waals surface area contributed by atoms with Crippen LogP contribution in [0.4, 0.5) is 9.59 Å². The molecule has 15 nitrogen and oxygen atoms in total. The molecule has 0 spiro atoms. The number of imidazole rings is 2. The Kier molecular flexibility index (Phi) is 11.4. The second kappa shape index (κ2) is 16.6. The zero-order chi connectivity index (χ0) is 41.2. The maximum Gasteiger partial charge on any atom is 0.407 e. The molecule has 4 heterocycles. The van der Waals surface area contributed by atoms with Crippen LogP contribution in [0.1, 0.15) is 82.7 Å². The highest BCUT2D eigenvalue weighted by Crippen LogP contribution is 2.37. The smallest absolute Gasteiger partial charge is 0.407 e. The Bertz CT molecular complexity index is 2410. The fourth-order valence-electron chi connectivity index (χ4n) is 8.28. The lowest BCUT2D eigenvalue weighted by molar-refractivity contribution is -0.136. The molecule has 0 radical (unpaired) electrons. The van der Waals surface area contributed by atoms with Crippen LogP contribution in [0.25, 0.3) is 44.1 Å². The number of carbonyl (C=O) groups is 4. The number of H-pyrrole nitrogens is 2. The quantitative estimate of drug-likeness (QED) is 0.111. The zero-order valence-corrected chi connectivity index (χ0v) is 33.6. The monoisotopic (exact) mass is 787 g/mol. The molecule has 0 bridgehead atoms. The largest absolute Gasteiger partial charge is 0.453 e. The second-order valence-corrected chi connectivity index (χ2v) is 15.7. The van der Waals surface area contributed by atoms with Gasteiger partial charge in [0.05, 0.1) is 61.7 Å². The third-order valence-electron chi connectivity index (χ3n) is 11.4. The lowest BCUT2D eigenvalue weighted by Gasteiger charge is -2.30. The third-order valence-corrected chi connectivity index (χ3v) is 11.4. The molecule has 0 saturated carbocycles. The van der Waals surface area contributed by atoms with Crippen molar-refractivity contribution in [2.45, 2.75) is 77.5 Å². The number of amides is 4. The number of benzene rings is 3. The SMILES string of the molecule is COC(=O)N[C@H](C(=O)N1CCC[C@H]1c1ncc(-c2ccc3c(c2)cc(C#N)c2cc(-c4cnc([C@@H]5CCCN5C(=O)[C@@H](NC(=O)OC)C(C)C)[nH]4)ccc23)[nH]1)C(C)C. The Morgan fingerprint density at radius 2 is 1.21 bits per heavy atom. The average Bonchev–Trinajstić information content (AvgIpc) is 4.07. The summed E-state index contributed by atoms with van der Waals surface area (Å²) in [4.78, 5) is 71.1. The van der Waals surface area contributed by atoms with Crippen molar-refractivity contribution < 1.29 is 28.7 Å². The Labute approximate surface area is 336 Å². The van der Waals surface area contributed by atoms with Crippen LogP contribution in [0.5, 0.6) is 0 Å². The third kappa shape index (κ3) is 7.66. The van der Waals surface area contributed by atoms with E-state index in [9.17, 15) is 24.4 Å². The predicted molar refractivity (Wildman–Crippen MR) is 217 cm³/mol. The van der Waals surface area contributed by atoms with Crippen molar-refractivity contribution in [3.05, 3.63) is 72.1 Å². The fourth-order valence-corrected chi connectivity index (χ4v) is 8.28. The first-order chi connectivity index (χ1) is 27.9. The normalized spacial score (nSPS) is 17.8. The number of rotatable bonds is 10. The minimum atomic E-state index is -0.725. The predicted octanol–water partition coefficient (Wildman–Crippen LogP) is 6.73. The molecule has 0 aliphatic carbocycles. The number of nitrogens with one attached hydrogen (secondary N) is 4. The van der Waals surface area contributed by atoms with Crippen LogP contribution in [0.2, 0.25) is 0 Å². The van der Waals surface area contributed by atoms with Crippen LogP contribution >= 0.6 is 0 Å². The molecule has 2 saturated heterocycles. The lowest BCUT2D eigenvalue weighted by atomic mass is 9.94. The molecule has 4 atom stereocenters. The Morgan fingerprint density at radius 1 is 0.724 bits per heavy atom. The minimum absolute atomic E-state index is 0.133. The van der Waals surface area contributed by atoms with Gasteiger partial charge in [-0.1, -0.05) is 52.0 Å². The Morgan fingerprint density at radius 3 is 1.67 bits per heavy atom. The van der Waals surface area contributed by atoms with Gasteiger partial charge in [0.15, 0.2) is 0 Å². The van der Waals surface area contributed by atoms with Crippen LogP contribution in [0.3, 0.4) is 0 Å². The molecule has 4 amide bonds. The highest BCUT2D eigenvalue weighted by molar-refractivity contribution is 6.11. The van der Waals surface area contributed by atoms with E-state index in [1.807, 2.05) is 70.2 Å². The van der Waals surface area contributed by atoms with Gasteiger partial charge in [0.1, 0.15) is 23.7 Å². The zero-order valence-electron chi connectivity index (χ0n) is 33.6. The van der Waals surface area contributed by atoms with E-state index in [1.165, 1.54) is 14.2 Å². The van der Waals surface area contributed by atoms with Gasteiger partial charge in [-0.2, -0.15) is 5.26 Å². The first-order valence-corrected chi connectivity index (χ1v) is 19.7. The van der Waals surface area contributed by atoms with Gasteiger partial charge in [-0.25, -0.2) is 19.6 Å². The molecule has 2 fully saturated rings. The summed E-state index contributed by atoms with van der Waals surface area (Å²) in [5, 5.41) is 19.3. The standard InChI is InChI=1S/C43H49N9O6/c1-23(2)36(49-42(55)57-5)40(53)51-15-7-9-34(51)38-45-21-32(47-38)25-11-13-29-27(17-25)18-28(20-44)31-19-26(12-14-30(29)31)33-22-46-39(48-33)35-10-8-16-52(35)41(54)37(24(3)4)50-43(56)58-6/h11-14,17-19,21-24,34-37H,7-10,15-16H2,1-6H3,(H,45,47)(H,46,48)(H,49,55)(H,50,56)/t34-,35-,36-,37-/m0/s1. The van der Waals surface area contributed by atoms with Crippen LogP contribution in [-0.2, 0) is 19.1 Å². The summed E-state index contributed by atoms with van der Waals surface area (Å²) in [6.07, 6.45) is 5.33. The lowest BCUT2D eigenvalue weighted by Crippen LogP contribution is -2.51. The van der Waals surface area contributed by atoms with Crippen LogP contribution in [0, 0.1) is 23.2 Å². The first-order valence-electron chi connectivity index (χ1n) is 19.7. The molecular formula is C43H49N9O6. The topological polar surface area (TPSA) is 198 Å². The van der Waals surface area contributed by atoms with Crippen molar-refractivity contribution in [2.24, 2.45) is 11.8 Å². The maximum absolute atomic E-state index is 13.6. The molecule has 3 aromatic carbocycles. The van der Waals surface area contributed by atoms with E-state index in [1.54, 1.807) is 22.2 Å². The van der Waals surface area contributed by atoms with Gasteiger partial charge in [-0.15, -0.1) is 0 Å². The summed E-state index contributed by atoms with van der Waals surface area (Å²) in [5.74, 6) is 0.727. The van der Waals surface area contributed by atoms with Crippen LogP contribution in [0.15, 0.2) is 54.9 Å². The molecule has 7 rings (SSSR count). The van der Waals surface area contributed by atoms with E-state index in [2.05, 4.69) is 26.7 Å². The number of methoxy groups -OCH3 is 2. The van der Waals surface area contributed by atoms with E-state index < -0.39 is 24.3 Å². The molecule has 2 aliphatic heterocycles. The van der Waals surface area contributed by atoms with Crippen molar-refractivity contribution in [1.29, 1.82) is 5.26 Å². The number of ether oxygens (including phenoxy) is 2. The number of likely N-dealkylation sites (tertiary alicyclic amines) is 2. The van der Waals surface area contributed by atoms with Crippen LogP contribution in [-0.4, -0.2) is 93.1 Å². The fraction of sp³-hybridized carbons (Fsp3) is 0.419. The van der Waals surface area contributed by atoms with Crippen molar-refractivity contribution in [3.8, 4) is 28.6 Å². The van der Waals surface area contributed by atoms with E-state index in [-0.39, 0.29) is 35.7 Å². The number of fused-ring (bicyclic) bond motifs is 3. The number of hydrogen-bond donors (Lipinski definition) is 4. The summed E-state index contributed by atoms with van der Waals surface area (Å²) in [7, 11) is 2.56. The molecule has 0 unspecified atom stereocenters. The number of nitrogens with zero attached hydrogens (tertiary/aromatic N) is 5. The molecule has 2 aromatic heterocycles. The summed E-state index contributed by atoms with van der Waals surface area (Å²) in [6.45, 7) is 8.66. The first kappa shape index (κ1) is 39.8. The molecule has 5 aromatic rings. The van der Waals surface area contributed by atoms with Crippen molar-refractivity contribution in [2.75, 3.05) is 27.3 Å². The van der Waals surface area contributed by atoms with Gasteiger partial charge >= 0.3 is 12.2 Å². The molecule has 58 heavy (non-hydrogen) atoms. The molecule has 2 aliphatic rings. The minimum Gasteiger partial charge on any atom is -0.453 e.